The summed E-state index contributed by atoms with van der Waals surface area (Å²) in [6.45, 7) is 6.36. The van der Waals surface area contributed by atoms with Crippen LogP contribution in [0.4, 0.5) is 5.88 Å². The van der Waals surface area contributed by atoms with Crippen LogP contribution in [-0.4, -0.2) is 48.6 Å². The van der Waals surface area contributed by atoms with Gasteiger partial charge in [0.05, 0.1) is 6.26 Å². The third-order valence-corrected chi connectivity index (χ3v) is 5.28. The highest BCUT2D eigenvalue weighted by Crippen LogP contribution is 2.29. The first-order valence-corrected chi connectivity index (χ1v) is 10.3. The average Bonchev–Trinajstić information content (AvgIpc) is 3.47. The molecule has 1 aliphatic rings. The molecular weight excluding hydrogens is 396 g/mol. The molecule has 0 N–H and O–H groups in total. The van der Waals surface area contributed by atoms with E-state index in [0.29, 0.717) is 49.5 Å². The molecule has 1 saturated heterocycles. The molecule has 0 spiro atoms. The molecule has 0 unspecified atom stereocenters. The van der Waals surface area contributed by atoms with Gasteiger partial charge in [0, 0.05) is 26.2 Å². The van der Waals surface area contributed by atoms with Gasteiger partial charge in [0.25, 0.3) is 11.8 Å². The van der Waals surface area contributed by atoms with E-state index in [-0.39, 0.29) is 24.1 Å². The van der Waals surface area contributed by atoms with E-state index in [9.17, 15) is 10.1 Å². The molecule has 8 nitrogen and oxygen atoms in total. The standard InChI is InChI=1S/C23H24N4O4/c1-16(2)17-5-7-18(8-6-17)30-15-21(28)26-9-11-27(12-10-26)23-19(14-24)25-22(31-23)20-4-3-13-29-20/h3-8,13,16H,9-12,15H2,1-2H3. The van der Waals surface area contributed by atoms with Crippen molar-refractivity contribution < 1.29 is 18.4 Å². The lowest BCUT2D eigenvalue weighted by molar-refractivity contribution is -0.133. The van der Waals surface area contributed by atoms with Gasteiger partial charge in [0.1, 0.15) is 11.8 Å². The summed E-state index contributed by atoms with van der Waals surface area (Å²) in [4.78, 5) is 20.5. The third-order valence-electron chi connectivity index (χ3n) is 5.28. The lowest BCUT2D eigenvalue weighted by Crippen LogP contribution is -2.50. The van der Waals surface area contributed by atoms with Gasteiger partial charge in [-0.3, -0.25) is 4.79 Å². The number of nitriles is 1. The van der Waals surface area contributed by atoms with E-state index in [1.165, 1.54) is 11.8 Å². The van der Waals surface area contributed by atoms with Gasteiger partial charge < -0.3 is 23.4 Å². The minimum absolute atomic E-state index is 0.00454. The molecule has 8 heteroatoms. The fourth-order valence-electron chi connectivity index (χ4n) is 3.45. The lowest BCUT2D eigenvalue weighted by Gasteiger charge is -2.34. The van der Waals surface area contributed by atoms with E-state index in [1.807, 2.05) is 29.2 Å². The van der Waals surface area contributed by atoms with E-state index in [4.69, 9.17) is 13.6 Å². The van der Waals surface area contributed by atoms with E-state index in [1.54, 1.807) is 17.0 Å². The predicted molar refractivity (Wildman–Crippen MR) is 114 cm³/mol. The summed E-state index contributed by atoms with van der Waals surface area (Å²) in [5.74, 6) is 2.21. The van der Waals surface area contributed by atoms with Crippen LogP contribution in [-0.2, 0) is 4.79 Å². The van der Waals surface area contributed by atoms with E-state index < -0.39 is 0 Å². The Labute approximate surface area is 180 Å². The summed E-state index contributed by atoms with van der Waals surface area (Å²) in [7, 11) is 0. The second-order valence-corrected chi connectivity index (χ2v) is 7.64. The van der Waals surface area contributed by atoms with Crippen LogP contribution in [0.3, 0.4) is 0 Å². The van der Waals surface area contributed by atoms with Crippen molar-refractivity contribution in [2.75, 3.05) is 37.7 Å². The van der Waals surface area contributed by atoms with Crippen LogP contribution in [0, 0.1) is 11.3 Å². The molecule has 1 fully saturated rings. The zero-order chi connectivity index (χ0) is 21.8. The fraction of sp³-hybridized carbons (Fsp3) is 0.348. The number of aromatic nitrogens is 1. The summed E-state index contributed by atoms with van der Waals surface area (Å²) in [5.41, 5.74) is 1.44. The quantitative estimate of drug-likeness (QED) is 0.600. The van der Waals surface area contributed by atoms with E-state index in [2.05, 4.69) is 24.9 Å². The van der Waals surface area contributed by atoms with Crippen molar-refractivity contribution in [3.05, 3.63) is 53.9 Å². The Morgan fingerprint density at radius 2 is 1.94 bits per heavy atom. The molecule has 160 valence electrons. The summed E-state index contributed by atoms with van der Waals surface area (Å²) in [6, 6.07) is 13.4. The second-order valence-electron chi connectivity index (χ2n) is 7.64. The Balaban J connectivity index is 1.32. The smallest absolute Gasteiger partial charge is 0.266 e. The number of nitrogens with zero attached hydrogens (tertiary/aromatic N) is 4. The minimum Gasteiger partial charge on any atom is -0.484 e. The molecule has 0 bridgehead atoms. The minimum atomic E-state index is -0.0677. The predicted octanol–water partition coefficient (Wildman–Crippen LogP) is 3.66. The zero-order valence-corrected chi connectivity index (χ0v) is 17.6. The molecule has 0 atom stereocenters. The van der Waals surface area contributed by atoms with Gasteiger partial charge in [0.15, 0.2) is 12.4 Å². The SMILES string of the molecule is CC(C)c1ccc(OCC(=O)N2CCN(c3oc(-c4ccco4)nc3C#N)CC2)cc1. The van der Waals surface area contributed by atoms with Crippen LogP contribution in [0.25, 0.3) is 11.7 Å². The Morgan fingerprint density at radius 1 is 1.19 bits per heavy atom. The van der Waals surface area contributed by atoms with Gasteiger partial charge in [-0.05, 0) is 35.7 Å². The molecule has 0 saturated carbocycles. The van der Waals surface area contributed by atoms with Crippen molar-refractivity contribution >= 4 is 11.8 Å². The Kier molecular flexibility index (Phi) is 5.94. The zero-order valence-electron chi connectivity index (χ0n) is 17.6. The van der Waals surface area contributed by atoms with Crippen LogP contribution in [0.15, 0.2) is 51.5 Å². The van der Waals surface area contributed by atoms with E-state index in [0.717, 1.165) is 0 Å². The molecule has 4 rings (SSSR count). The van der Waals surface area contributed by atoms with Crippen molar-refractivity contribution in [1.82, 2.24) is 9.88 Å². The second kappa shape index (κ2) is 8.96. The first-order valence-electron chi connectivity index (χ1n) is 10.3. The maximum atomic E-state index is 12.6. The van der Waals surface area contributed by atoms with Gasteiger partial charge in [-0.15, -0.1) is 0 Å². The number of carbonyl (C=O) groups excluding carboxylic acids is 1. The van der Waals surface area contributed by atoms with Gasteiger partial charge in [0.2, 0.25) is 11.6 Å². The van der Waals surface area contributed by atoms with Crippen LogP contribution in [0.2, 0.25) is 0 Å². The highest BCUT2D eigenvalue weighted by atomic mass is 16.5. The molecule has 0 radical (unpaired) electrons. The first-order chi connectivity index (χ1) is 15.0. The first kappa shape index (κ1) is 20.5. The normalized spacial score (nSPS) is 14.0. The molecule has 31 heavy (non-hydrogen) atoms. The van der Waals surface area contributed by atoms with Crippen molar-refractivity contribution in [1.29, 1.82) is 5.26 Å². The fourth-order valence-corrected chi connectivity index (χ4v) is 3.45. The lowest BCUT2D eigenvalue weighted by atomic mass is 10.0. The number of benzene rings is 1. The molecular formula is C23H24N4O4. The van der Waals surface area contributed by atoms with Gasteiger partial charge in [-0.1, -0.05) is 26.0 Å². The van der Waals surface area contributed by atoms with Crippen molar-refractivity contribution in [2.45, 2.75) is 19.8 Å². The topological polar surface area (TPSA) is 95.7 Å². The summed E-state index contributed by atoms with van der Waals surface area (Å²) >= 11 is 0. The number of oxazole rings is 1. The Hall–Kier alpha value is -3.73. The number of hydrogen-bond donors (Lipinski definition) is 0. The summed E-state index contributed by atoms with van der Waals surface area (Å²) in [6.07, 6.45) is 1.52. The van der Waals surface area contributed by atoms with Crippen LogP contribution in [0.1, 0.15) is 31.0 Å². The monoisotopic (exact) mass is 420 g/mol. The number of carbonyl (C=O) groups is 1. The molecule has 1 amide bonds. The maximum Gasteiger partial charge on any atom is 0.266 e. The number of amides is 1. The average molecular weight is 420 g/mol. The summed E-state index contributed by atoms with van der Waals surface area (Å²) < 4.78 is 16.7. The highest BCUT2D eigenvalue weighted by molar-refractivity contribution is 5.78. The molecule has 3 aromatic rings. The molecule has 3 heterocycles. The molecule has 0 aliphatic carbocycles. The number of hydrogen-bond acceptors (Lipinski definition) is 7. The number of furan rings is 1. The molecule has 1 aromatic carbocycles. The van der Waals surface area contributed by atoms with Crippen molar-refractivity contribution in [3.63, 3.8) is 0 Å². The third kappa shape index (κ3) is 4.56. The van der Waals surface area contributed by atoms with Crippen LogP contribution < -0.4 is 9.64 Å². The van der Waals surface area contributed by atoms with E-state index >= 15 is 0 Å². The molecule has 2 aromatic heterocycles. The number of ether oxygens (including phenoxy) is 1. The Morgan fingerprint density at radius 3 is 2.55 bits per heavy atom. The van der Waals surface area contributed by atoms with Crippen molar-refractivity contribution in [2.24, 2.45) is 0 Å². The number of anilines is 1. The maximum absolute atomic E-state index is 12.6. The molecule has 1 aliphatic heterocycles. The largest absolute Gasteiger partial charge is 0.484 e. The number of piperazine rings is 1. The van der Waals surface area contributed by atoms with Gasteiger partial charge >= 0.3 is 0 Å². The number of rotatable bonds is 6. The van der Waals surface area contributed by atoms with Crippen molar-refractivity contribution in [3.8, 4) is 23.5 Å². The van der Waals surface area contributed by atoms with Crippen LogP contribution in [0.5, 0.6) is 5.75 Å². The Bertz CT molecular complexity index is 1060. The highest BCUT2D eigenvalue weighted by Gasteiger charge is 2.27. The summed E-state index contributed by atoms with van der Waals surface area (Å²) in [5, 5.41) is 9.41. The van der Waals surface area contributed by atoms with Gasteiger partial charge in [-0.2, -0.15) is 10.2 Å². The van der Waals surface area contributed by atoms with Gasteiger partial charge in [-0.25, -0.2) is 0 Å². The van der Waals surface area contributed by atoms with Crippen LogP contribution >= 0.6 is 0 Å².